The fourth-order valence-corrected chi connectivity index (χ4v) is 2.65. The van der Waals surface area contributed by atoms with Crippen molar-refractivity contribution in [3.05, 3.63) is 59.2 Å². The number of ketones is 1. The maximum absolute atomic E-state index is 12.4. The number of phenolic OH excluding ortho intramolecular Hbond substituents is 1. The van der Waals surface area contributed by atoms with Crippen LogP contribution >= 0.6 is 0 Å². The lowest BCUT2D eigenvalue weighted by atomic mass is 10.0. The summed E-state index contributed by atoms with van der Waals surface area (Å²) in [6.45, 7) is 5.92. The summed E-state index contributed by atoms with van der Waals surface area (Å²) < 4.78 is 5.80. The second kappa shape index (κ2) is 9.09. The van der Waals surface area contributed by atoms with Crippen molar-refractivity contribution in [1.82, 2.24) is 0 Å². The van der Waals surface area contributed by atoms with E-state index < -0.39 is 0 Å². The van der Waals surface area contributed by atoms with Crippen LogP contribution in [0.25, 0.3) is 6.08 Å². The zero-order valence-corrected chi connectivity index (χ0v) is 15.9. The van der Waals surface area contributed by atoms with E-state index in [4.69, 9.17) is 4.74 Å². The van der Waals surface area contributed by atoms with Gasteiger partial charge in [0.15, 0.2) is 5.78 Å². The van der Waals surface area contributed by atoms with E-state index in [1.54, 1.807) is 30.4 Å². The van der Waals surface area contributed by atoms with Crippen LogP contribution in [0.3, 0.4) is 0 Å². The molecule has 0 radical (unpaired) electrons. The van der Waals surface area contributed by atoms with Gasteiger partial charge < -0.3 is 15.2 Å². The van der Waals surface area contributed by atoms with Gasteiger partial charge in [-0.3, -0.25) is 4.79 Å². The molecule has 4 nitrogen and oxygen atoms in total. The summed E-state index contributed by atoms with van der Waals surface area (Å²) in [7, 11) is 1.84. The molecule has 26 heavy (non-hydrogen) atoms. The summed E-state index contributed by atoms with van der Waals surface area (Å²) in [5.74, 6) is 0.730. The Bertz CT molecular complexity index is 777. The van der Waals surface area contributed by atoms with E-state index in [1.165, 1.54) is 0 Å². The highest BCUT2D eigenvalue weighted by Gasteiger charge is 2.11. The molecule has 2 N–H and O–H groups in total. The third-order valence-electron chi connectivity index (χ3n) is 3.97. The Balaban J connectivity index is 2.30. The van der Waals surface area contributed by atoms with Crippen LogP contribution in [0.15, 0.2) is 42.5 Å². The molecule has 0 heterocycles. The number of hydrogen-bond acceptors (Lipinski definition) is 4. The quantitative estimate of drug-likeness (QED) is 0.514. The minimum atomic E-state index is -0.0757. The van der Waals surface area contributed by atoms with Crippen LogP contribution in [0, 0.1) is 0 Å². The fourth-order valence-electron chi connectivity index (χ4n) is 2.65. The molecule has 2 aromatic rings. The number of benzene rings is 2. The minimum absolute atomic E-state index is 0.0247. The molecule has 4 heteroatoms. The summed E-state index contributed by atoms with van der Waals surface area (Å²) in [6, 6.07) is 10.9. The molecule has 0 saturated carbocycles. The number of anilines is 1. The van der Waals surface area contributed by atoms with Gasteiger partial charge in [-0.2, -0.15) is 0 Å². The molecule has 2 rings (SSSR count). The second-order valence-corrected chi connectivity index (χ2v) is 6.46. The molecule has 2 aromatic carbocycles. The van der Waals surface area contributed by atoms with E-state index in [1.807, 2.05) is 39.1 Å². The molecule has 0 amide bonds. The Labute approximate surface area is 155 Å². The SMILES string of the molecule is CCCc1cc(/C=C/C(=O)c2ccc(NC)cc2)c(OC(C)C)cc1O. The molecular formula is C22H27NO3. The van der Waals surface area contributed by atoms with Crippen molar-refractivity contribution in [3.63, 3.8) is 0 Å². The Morgan fingerprint density at radius 3 is 2.50 bits per heavy atom. The van der Waals surface area contributed by atoms with Gasteiger partial charge in [-0.25, -0.2) is 0 Å². The highest BCUT2D eigenvalue weighted by Crippen LogP contribution is 2.31. The summed E-state index contributed by atoms with van der Waals surface area (Å²) in [6.07, 6.45) is 4.98. The number of rotatable bonds is 8. The lowest BCUT2D eigenvalue weighted by Crippen LogP contribution is -2.07. The largest absolute Gasteiger partial charge is 0.508 e. The molecule has 0 unspecified atom stereocenters. The van der Waals surface area contributed by atoms with E-state index in [0.29, 0.717) is 11.3 Å². The third kappa shape index (κ3) is 5.12. The molecule has 138 valence electrons. The lowest BCUT2D eigenvalue weighted by molar-refractivity contribution is 0.104. The van der Waals surface area contributed by atoms with Gasteiger partial charge in [-0.05, 0) is 68.3 Å². The molecule has 0 saturated heterocycles. The van der Waals surface area contributed by atoms with E-state index in [2.05, 4.69) is 12.2 Å². The van der Waals surface area contributed by atoms with Gasteiger partial charge in [0.2, 0.25) is 0 Å². The fraction of sp³-hybridized carbons (Fsp3) is 0.318. The maximum Gasteiger partial charge on any atom is 0.185 e. The number of carbonyl (C=O) groups is 1. The third-order valence-corrected chi connectivity index (χ3v) is 3.97. The zero-order valence-electron chi connectivity index (χ0n) is 15.9. The van der Waals surface area contributed by atoms with Crippen LogP contribution in [0.5, 0.6) is 11.5 Å². The van der Waals surface area contributed by atoms with Crippen LogP contribution in [-0.2, 0) is 6.42 Å². The van der Waals surface area contributed by atoms with Crippen LogP contribution in [0.4, 0.5) is 5.69 Å². The molecule has 0 bridgehead atoms. The van der Waals surface area contributed by atoms with Crippen LogP contribution < -0.4 is 10.1 Å². The van der Waals surface area contributed by atoms with Crippen molar-refractivity contribution in [2.24, 2.45) is 0 Å². The number of aryl methyl sites for hydroxylation is 1. The molecule has 0 fully saturated rings. The first-order chi connectivity index (χ1) is 12.4. The van der Waals surface area contributed by atoms with Crippen LogP contribution in [-0.4, -0.2) is 24.0 Å². The number of aromatic hydroxyl groups is 1. The predicted molar refractivity (Wildman–Crippen MR) is 107 cm³/mol. The number of allylic oxidation sites excluding steroid dienone is 1. The van der Waals surface area contributed by atoms with Gasteiger partial charge in [0.1, 0.15) is 11.5 Å². The van der Waals surface area contributed by atoms with Crippen molar-refractivity contribution in [3.8, 4) is 11.5 Å². The van der Waals surface area contributed by atoms with Gasteiger partial charge >= 0.3 is 0 Å². The highest BCUT2D eigenvalue weighted by atomic mass is 16.5. The van der Waals surface area contributed by atoms with Gasteiger partial charge in [-0.15, -0.1) is 0 Å². The molecule has 0 aliphatic rings. The molecule has 0 aliphatic carbocycles. The first-order valence-electron chi connectivity index (χ1n) is 8.97. The molecule has 0 aliphatic heterocycles. The Morgan fingerprint density at radius 2 is 1.92 bits per heavy atom. The zero-order chi connectivity index (χ0) is 19.1. The normalized spacial score (nSPS) is 11.1. The van der Waals surface area contributed by atoms with Crippen LogP contribution in [0.1, 0.15) is 48.7 Å². The number of carbonyl (C=O) groups excluding carboxylic acids is 1. The van der Waals surface area contributed by atoms with Gasteiger partial charge in [0, 0.05) is 29.9 Å². The summed E-state index contributed by atoms with van der Waals surface area (Å²) in [4.78, 5) is 12.4. The topological polar surface area (TPSA) is 58.6 Å². The average molecular weight is 353 g/mol. The van der Waals surface area contributed by atoms with Gasteiger partial charge in [0.05, 0.1) is 6.10 Å². The summed E-state index contributed by atoms with van der Waals surface area (Å²) >= 11 is 0. The molecular weight excluding hydrogens is 326 g/mol. The van der Waals surface area contributed by atoms with Crippen LogP contribution in [0.2, 0.25) is 0 Å². The minimum Gasteiger partial charge on any atom is -0.508 e. The van der Waals surface area contributed by atoms with E-state index in [0.717, 1.165) is 29.7 Å². The van der Waals surface area contributed by atoms with Gasteiger partial charge in [-0.1, -0.05) is 13.3 Å². The number of nitrogens with one attached hydrogen (secondary N) is 1. The predicted octanol–water partition coefficient (Wildman–Crippen LogP) is 5.07. The van der Waals surface area contributed by atoms with E-state index >= 15 is 0 Å². The molecule has 0 aromatic heterocycles. The van der Waals surface area contributed by atoms with Gasteiger partial charge in [0.25, 0.3) is 0 Å². The highest BCUT2D eigenvalue weighted by molar-refractivity contribution is 6.07. The first kappa shape index (κ1) is 19.6. The monoisotopic (exact) mass is 353 g/mol. The Morgan fingerprint density at radius 1 is 1.23 bits per heavy atom. The Hall–Kier alpha value is -2.75. The Kier molecular flexibility index (Phi) is 6.84. The average Bonchev–Trinajstić information content (AvgIpc) is 2.62. The van der Waals surface area contributed by atoms with E-state index in [-0.39, 0.29) is 17.6 Å². The lowest BCUT2D eigenvalue weighted by Gasteiger charge is -2.15. The molecule has 0 atom stereocenters. The van der Waals surface area contributed by atoms with Crippen molar-refractivity contribution < 1.29 is 14.6 Å². The summed E-state index contributed by atoms with van der Waals surface area (Å²) in [5, 5.41) is 13.2. The maximum atomic E-state index is 12.4. The van der Waals surface area contributed by atoms with E-state index in [9.17, 15) is 9.90 Å². The van der Waals surface area contributed by atoms with Crippen molar-refractivity contribution in [2.75, 3.05) is 12.4 Å². The standard InChI is InChI=1S/C22H27NO3/c1-5-6-17-13-18(22(14-21(17)25)26-15(2)3)9-12-20(24)16-7-10-19(23-4)11-8-16/h7-15,23,25H,5-6H2,1-4H3/b12-9+. The van der Waals surface area contributed by atoms with Crippen molar-refractivity contribution in [2.45, 2.75) is 39.7 Å². The number of hydrogen-bond donors (Lipinski definition) is 2. The second-order valence-electron chi connectivity index (χ2n) is 6.46. The first-order valence-corrected chi connectivity index (χ1v) is 8.97. The summed E-state index contributed by atoms with van der Waals surface area (Å²) in [5.41, 5.74) is 3.23. The van der Waals surface area contributed by atoms with Crippen molar-refractivity contribution >= 4 is 17.5 Å². The van der Waals surface area contributed by atoms with Crippen molar-refractivity contribution in [1.29, 1.82) is 0 Å². The smallest absolute Gasteiger partial charge is 0.185 e. The number of ether oxygens (including phenoxy) is 1. The molecule has 0 spiro atoms. The number of phenols is 1.